The summed E-state index contributed by atoms with van der Waals surface area (Å²) in [6.45, 7) is 5.81. The summed E-state index contributed by atoms with van der Waals surface area (Å²) in [5.74, 6) is 0. The minimum Gasteiger partial charge on any atom is -0.381 e. The van der Waals surface area contributed by atoms with Crippen LogP contribution in [0.5, 0.6) is 0 Å². The van der Waals surface area contributed by atoms with Gasteiger partial charge in [0.1, 0.15) is 0 Å². The van der Waals surface area contributed by atoms with Gasteiger partial charge < -0.3 is 10.1 Å². The molecule has 0 unspecified atom stereocenters. The number of nitrogens with one attached hydrogen (secondary N) is 1. The van der Waals surface area contributed by atoms with Crippen LogP contribution in [0.4, 0.5) is 0 Å². The first-order valence-electron chi connectivity index (χ1n) is 7.03. The third-order valence-electron chi connectivity index (χ3n) is 2.73. The van der Waals surface area contributed by atoms with E-state index in [1.165, 1.54) is 12.0 Å². The standard InChI is InChI=1S/C16H24ClNO/c1-2-3-13-19-14-5-12-18-11-4-6-15-7-9-16(17)10-8-15/h4,6-10,18H,2-3,5,11-14H2,1H3/b6-4+. The van der Waals surface area contributed by atoms with Gasteiger partial charge >= 0.3 is 0 Å². The van der Waals surface area contributed by atoms with E-state index in [0.717, 1.165) is 44.2 Å². The summed E-state index contributed by atoms with van der Waals surface area (Å²) < 4.78 is 5.49. The Morgan fingerprint density at radius 3 is 2.63 bits per heavy atom. The molecule has 0 spiro atoms. The molecule has 0 bridgehead atoms. The Kier molecular flexibility index (Phi) is 9.42. The summed E-state index contributed by atoms with van der Waals surface area (Å²) in [5.41, 5.74) is 1.18. The number of unbranched alkanes of at least 4 members (excludes halogenated alkanes) is 1. The van der Waals surface area contributed by atoms with Crippen LogP contribution in [0.2, 0.25) is 5.02 Å². The Hall–Kier alpha value is -0.830. The van der Waals surface area contributed by atoms with Crippen LogP contribution >= 0.6 is 11.6 Å². The molecule has 19 heavy (non-hydrogen) atoms. The summed E-state index contributed by atoms with van der Waals surface area (Å²) >= 11 is 5.83. The Bertz CT molecular complexity index is 348. The van der Waals surface area contributed by atoms with Crippen molar-refractivity contribution in [2.24, 2.45) is 0 Å². The molecule has 1 rings (SSSR count). The molecule has 3 heteroatoms. The monoisotopic (exact) mass is 281 g/mol. The summed E-state index contributed by atoms with van der Waals surface area (Å²) in [5, 5.41) is 4.14. The van der Waals surface area contributed by atoms with E-state index >= 15 is 0 Å². The molecule has 1 aromatic carbocycles. The lowest BCUT2D eigenvalue weighted by Crippen LogP contribution is -2.16. The van der Waals surface area contributed by atoms with E-state index in [2.05, 4.69) is 24.4 Å². The molecule has 1 N–H and O–H groups in total. The maximum absolute atomic E-state index is 5.83. The van der Waals surface area contributed by atoms with E-state index in [9.17, 15) is 0 Å². The van der Waals surface area contributed by atoms with Crippen molar-refractivity contribution in [3.63, 3.8) is 0 Å². The number of ether oxygens (including phenoxy) is 1. The average Bonchev–Trinajstić information content (AvgIpc) is 2.43. The number of benzene rings is 1. The molecule has 0 aromatic heterocycles. The van der Waals surface area contributed by atoms with Crippen LogP contribution in [0.1, 0.15) is 31.7 Å². The van der Waals surface area contributed by atoms with E-state index in [4.69, 9.17) is 16.3 Å². The highest BCUT2D eigenvalue weighted by Crippen LogP contribution is 2.10. The summed E-state index contributed by atoms with van der Waals surface area (Å²) in [7, 11) is 0. The Morgan fingerprint density at radius 2 is 1.89 bits per heavy atom. The van der Waals surface area contributed by atoms with Gasteiger partial charge in [0.15, 0.2) is 0 Å². The van der Waals surface area contributed by atoms with Gasteiger partial charge in [0.25, 0.3) is 0 Å². The van der Waals surface area contributed by atoms with E-state index in [1.54, 1.807) is 0 Å². The van der Waals surface area contributed by atoms with Gasteiger partial charge in [-0.05, 0) is 37.1 Å². The molecular formula is C16H24ClNO. The number of rotatable bonds is 10. The van der Waals surface area contributed by atoms with Gasteiger partial charge in [0.05, 0.1) is 0 Å². The van der Waals surface area contributed by atoms with Gasteiger partial charge in [-0.25, -0.2) is 0 Å². The fraction of sp³-hybridized carbons (Fsp3) is 0.500. The Labute approximate surface area is 121 Å². The molecule has 0 atom stereocenters. The Morgan fingerprint density at radius 1 is 1.16 bits per heavy atom. The van der Waals surface area contributed by atoms with E-state index in [1.807, 2.05) is 24.3 Å². The van der Waals surface area contributed by atoms with Crippen LogP contribution in [0.15, 0.2) is 30.3 Å². The normalized spacial score (nSPS) is 11.3. The quantitative estimate of drug-likeness (QED) is 0.651. The molecule has 0 radical (unpaired) electrons. The van der Waals surface area contributed by atoms with Gasteiger partial charge in [-0.2, -0.15) is 0 Å². The van der Waals surface area contributed by atoms with Crippen LogP contribution in [0.25, 0.3) is 6.08 Å². The lowest BCUT2D eigenvalue weighted by atomic mass is 10.2. The van der Waals surface area contributed by atoms with Crippen molar-refractivity contribution in [1.29, 1.82) is 0 Å². The molecule has 0 fully saturated rings. The zero-order valence-electron chi connectivity index (χ0n) is 11.7. The fourth-order valence-electron chi connectivity index (χ4n) is 1.60. The Balaban J connectivity index is 1.97. The van der Waals surface area contributed by atoms with Crippen molar-refractivity contribution >= 4 is 17.7 Å². The second-order valence-corrected chi connectivity index (χ2v) is 4.91. The minimum atomic E-state index is 0.776. The summed E-state index contributed by atoms with van der Waals surface area (Å²) in [4.78, 5) is 0. The van der Waals surface area contributed by atoms with Gasteiger partial charge in [-0.1, -0.05) is 49.2 Å². The van der Waals surface area contributed by atoms with E-state index in [-0.39, 0.29) is 0 Å². The number of hydrogen-bond donors (Lipinski definition) is 1. The predicted octanol–water partition coefficient (Wildman–Crippen LogP) is 4.15. The second kappa shape index (κ2) is 11.0. The van der Waals surface area contributed by atoms with Gasteiger partial charge in [0.2, 0.25) is 0 Å². The van der Waals surface area contributed by atoms with Crippen LogP contribution in [0.3, 0.4) is 0 Å². The second-order valence-electron chi connectivity index (χ2n) is 4.48. The van der Waals surface area contributed by atoms with Crippen molar-refractivity contribution in [2.45, 2.75) is 26.2 Å². The first-order chi connectivity index (χ1) is 9.33. The number of halogens is 1. The molecule has 0 saturated heterocycles. The molecule has 0 saturated carbocycles. The smallest absolute Gasteiger partial charge is 0.0478 e. The van der Waals surface area contributed by atoms with Crippen molar-refractivity contribution < 1.29 is 4.74 Å². The first-order valence-corrected chi connectivity index (χ1v) is 7.41. The van der Waals surface area contributed by atoms with Gasteiger partial charge in [0, 0.05) is 24.8 Å². The summed E-state index contributed by atoms with van der Waals surface area (Å²) in [6, 6.07) is 7.84. The minimum absolute atomic E-state index is 0.776. The van der Waals surface area contributed by atoms with Crippen molar-refractivity contribution in [2.75, 3.05) is 26.3 Å². The molecule has 1 aromatic rings. The molecule has 0 amide bonds. The van der Waals surface area contributed by atoms with Crippen LogP contribution < -0.4 is 5.32 Å². The molecule has 2 nitrogen and oxygen atoms in total. The fourth-order valence-corrected chi connectivity index (χ4v) is 1.73. The molecule has 0 aliphatic heterocycles. The molecule has 106 valence electrons. The first kappa shape index (κ1) is 16.2. The number of hydrogen-bond acceptors (Lipinski definition) is 2. The maximum atomic E-state index is 5.83. The highest BCUT2D eigenvalue weighted by atomic mass is 35.5. The summed E-state index contributed by atoms with van der Waals surface area (Å²) in [6.07, 6.45) is 7.66. The van der Waals surface area contributed by atoms with E-state index in [0.29, 0.717) is 0 Å². The van der Waals surface area contributed by atoms with E-state index < -0.39 is 0 Å². The molecular weight excluding hydrogens is 258 g/mol. The zero-order chi connectivity index (χ0) is 13.8. The topological polar surface area (TPSA) is 21.3 Å². The lowest BCUT2D eigenvalue weighted by molar-refractivity contribution is 0.129. The zero-order valence-corrected chi connectivity index (χ0v) is 12.5. The SMILES string of the molecule is CCCCOCCCNC/C=C/c1ccc(Cl)cc1. The van der Waals surface area contributed by atoms with Crippen LogP contribution in [0, 0.1) is 0 Å². The van der Waals surface area contributed by atoms with Crippen LogP contribution in [-0.2, 0) is 4.74 Å². The third-order valence-corrected chi connectivity index (χ3v) is 2.98. The van der Waals surface area contributed by atoms with Crippen molar-refractivity contribution in [3.05, 3.63) is 40.9 Å². The molecule has 0 heterocycles. The van der Waals surface area contributed by atoms with Gasteiger partial charge in [-0.15, -0.1) is 0 Å². The molecule has 0 aliphatic carbocycles. The predicted molar refractivity (Wildman–Crippen MR) is 83.7 cm³/mol. The van der Waals surface area contributed by atoms with Gasteiger partial charge in [-0.3, -0.25) is 0 Å². The highest BCUT2D eigenvalue weighted by Gasteiger charge is 1.89. The molecule has 0 aliphatic rings. The third kappa shape index (κ3) is 8.82. The average molecular weight is 282 g/mol. The van der Waals surface area contributed by atoms with Crippen molar-refractivity contribution in [1.82, 2.24) is 5.32 Å². The largest absolute Gasteiger partial charge is 0.381 e. The highest BCUT2D eigenvalue weighted by molar-refractivity contribution is 6.30. The van der Waals surface area contributed by atoms with Crippen molar-refractivity contribution in [3.8, 4) is 0 Å². The lowest BCUT2D eigenvalue weighted by Gasteiger charge is -2.03. The van der Waals surface area contributed by atoms with Crippen LogP contribution in [-0.4, -0.2) is 26.3 Å². The maximum Gasteiger partial charge on any atom is 0.0478 e.